The second-order valence-corrected chi connectivity index (χ2v) is 6.46. The van der Waals surface area contributed by atoms with E-state index in [1.54, 1.807) is 29.7 Å². The second kappa shape index (κ2) is 8.03. The summed E-state index contributed by atoms with van der Waals surface area (Å²) < 4.78 is 1.67. The number of para-hydroxylation sites is 1. The van der Waals surface area contributed by atoms with E-state index >= 15 is 0 Å². The minimum Gasteiger partial charge on any atom is -0.373 e. The van der Waals surface area contributed by atoms with Crippen molar-refractivity contribution in [3.05, 3.63) is 70.1 Å². The predicted octanol–water partition coefficient (Wildman–Crippen LogP) is 2.59. The van der Waals surface area contributed by atoms with Crippen molar-refractivity contribution in [2.24, 2.45) is 0 Å². The highest BCUT2D eigenvalue weighted by Crippen LogP contribution is 2.14. The van der Waals surface area contributed by atoms with E-state index in [1.165, 1.54) is 0 Å². The summed E-state index contributed by atoms with van der Waals surface area (Å²) in [6.45, 7) is 5.42. The molecule has 0 radical (unpaired) electrons. The van der Waals surface area contributed by atoms with Gasteiger partial charge in [-0.15, -0.1) is 0 Å². The average Bonchev–Trinajstić information content (AvgIpc) is 2.69. The van der Waals surface area contributed by atoms with Gasteiger partial charge < -0.3 is 14.8 Å². The number of amides is 1. The van der Waals surface area contributed by atoms with E-state index in [1.807, 2.05) is 44.3 Å². The lowest BCUT2D eigenvalue weighted by Crippen LogP contribution is -2.33. The number of hydrogen-bond donors (Lipinski definition) is 1. The summed E-state index contributed by atoms with van der Waals surface area (Å²) >= 11 is 0. The third-order valence-electron chi connectivity index (χ3n) is 4.62. The van der Waals surface area contributed by atoms with Crippen molar-refractivity contribution in [1.29, 1.82) is 0 Å². The van der Waals surface area contributed by atoms with E-state index in [2.05, 4.69) is 15.2 Å². The van der Waals surface area contributed by atoms with Crippen molar-refractivity contribution in [3.63, 3.8) is 0 Å². The summed E-state index contributed by atoms with van der Waals surface area (Å²) in [6, 6.07) is 15.3. The van der Waals surface area contributed by atoms with Crippen molar-refractivity contribution >= 4 is 22.6 Å². The van der Waals surface area contributed by atoms with Gasteiger partial charge in [0.15, 0.2) is 0 Å². The molecule has 3 aromatic rings. The number of aryl methyl sites for hydroxylation is 2. The third kappa shape index (κ3) is 4.00. The highest BCUT2D eigenvalue weighted by atomic mass is 16.1. The predicted molar refractivity (Wildman–Crippen MR) is 108 cm³/mol. The molecule has 1 amide bonds. The maximum absolute atomic E-state index is 12.5. The zero-order chi connectivity index (χ0) is 19.4. The van der Waals surface area contributed by atoms with Crippen molar-refractivity contribution in [2.75, 3.05) is 25.0 Å². The van der Waals surface area contributed by atoms with Crippen LogP contribution in [0.4, 0.5) is 5.69 Å². The van der Waals surface area contributed by atoms with Crippen LogP contribution in [-0.2, 0) is 6.54 Å². The Morgan fingerprint density at radius 1 is 1.19 bits per heavy atom. The van der Waals surface area contributed by atoms with Gasteiger partial charge in [-0.3, -0.25) is 9.59 Å². The fourth-order valence-electron chi connectivity index (χ4n) is 3.08. The van der Waals surface area contributed by atoms with E-state index in [0.717, 1.165) is 11.2 Å². The van der Waals surface area contributed by atoms with E-state index < -0.39 is 0 Å². The average molecular weight is 364 g/mol. The van der Waals surface area contributed by atoms with E-state index in [-0.39, 0.29) is 11.5 Å². The van der Waals surface area contributed by atoms with Crippen LogP contribution in [0.1, 0.15) is 23.0 Å². The molecule has 6 nitrogen and oxygen atoms in total. The molecule has 1 heterocycles. The Hall–Kier alpha value is -3.15. The first-order chi connectivity index (χ1) is 13.0. The number of anilines is 1. The number of nitrogens with one attached hydrogen (secondary N) is 1. The molecule has 3 rings (SSSR count). The Bertz CT molecular complexity index is 1010. The molecule has 2 aromatic carbocycles. The molecule has 0 saturated carbocycles. The van der Waals surface area contributed by atoms with Gasteiger partial charge in [-0.1, -0.05) is 18.2 Å². The fourth-order valence-corrected chi connectivity index (χ4v) is 3.08. The molecular formula is C21H24N4O2. The van der Waals surface area contributed by atoms with Gasteiger partial charge in [0, 0.05) is 37.9 Å². The monoisotopic (exact) mass is 364 g/mol. The van der Waals surface area contributed by atoms with Gasteiger partial charge >= 0.3 is 0 Å². The normalized spacial score (nSPS) is 10.8. The first kappa shape index (κ1) is 18.6. The Balaban J connectivity index is 1.71. The minimum absolute atomic E-state index is 0.0915. The topological polar surface area (TPSA) is 67.2 Å². The maximum Gasteiger partial charge on any atom is 0.272 e. The Labute approximate surface area is 158 Å². The van der Waals surface area contributed by atoms with Crippen molar-refractivity contribution in [3.8, 4) is 0 Å². The van der Waals surface area contributed by atoms with Gasteiger partial charge in [0.25, 0.3) is 11.5 Å². The standard InChI is InChI=1S/C21H24N4O2/c1-4-25-19-11-10-16(14-18(19)23-15(2)21(25)27)20(26)22-12-13-24(3)17-8-6-5-7-9-17/h5-11,14H,4,12-13H2,1-3H3,(H,22,26). The molecule has 0 saturated heterocycles. The number of likely N-dealkylation sites (N-methyl/N-ethyl adjacent to an activating group) is 1. The second-order valence-electron chi connectivity index (χ2n) is 6.46. The summed E-state index contributed by atoms with van der Waals surface area (Å²) in [6.07, 6.45) is 0. The Morgan fingerprint density at radius 3 is 2.63 bits per heavy atom. The van der Waals surface area contributed by atoms with Crippen LogP contribution in [0.3, 0.4) is 0 Å². The Morgan fingerprint density at radius 2 is 1.93 bits per heavy atom. The summed E-state index contributed by atoms with van der Waals surface area (Å²) in [5, 5.41) is 2.94. The maximum atomic E-state index is 12.5. The molecule has 0 unspecified atom stereocenters. The number of fused-ring (bicyclic) bond motifs is 1. The lowest BCUT2D eigenvalue weighted by molar-refractivity contribution is 0.0955. The molecule has 1 aromatic heterocycles. The molecule has 0 atom stereocenters. The highest BCUT2D eigenvalue weighted by Gasteiger charge is 2.11. The van der Waals surface area contributed by atoms with Gasteiger partial charge in [0.2, 0.25) is 0 Å². The summed E-state index contributed by atoms with van der Waals surface area (Å²) in [5.41, 5.74) is 3.39. The number of benzene rings is 2. The first-order valence-electron chi connectivity index (χ1n) is 9.07. The minimum atomic E-state index is -0.146. The van der Waals surface area contributed by atoms with Crippen molar-refractivity contribution in [2.45, 2.75) is 20.4 Å². The van der Waals surface area contributed by atoms with Crippen molar-refractivity contribution in [1.82, 2.24) is 14.9 Å². The van der Waals surface area contributed by atoms with Gasteiger partial charge in [-0.05, 0) is 44.2 Å². The number of rotatable bonds is 6. The van der Waals surface area contributed by atoms with Crippen LogP contribution in [0.15, 0.2) is 53.3 Å². The largest absolute Gasteiger partial charge is 0.373 e. The zero-order valence-corrected chi connectivity index (χ0v) is 15.9. The van der Waals surface area contributed by atoms with Crippen LogP contribution in [-0.4, -0.2) is 35.6 Å². The lowest BCUT2D eigenvalue weighted by Gasteiger charge is -2.19. The molecule has 0 fully saturated rings. The molecule has 0 aliphatic rings. The zero-order valence-electron chi connectivity index (χ0n) is 15.9. The summed E-state index contributed by atoms with van der Waals surface area (Å²) in [7, 11) is 1.99. The molecule has 140 valence electrons. The SMILES string of the molecule is CCn1c(=O)c(C)nc2cc(C(=O)NCCN(C)c3ccccc3)ccc21. The lowest BCUT2D eigenvalue weighted by atomic mass is 10.1. The van der Waals surface area contributed by atoms with E-state index in [0.29, 0.717) is 36.4 Å². The van der Waals surface area contributed by atoms with Gasteiger partial charge in [-0.25, -0.2) is 4.98 Å². The van der Waals surface area contributed by atoms with Crippen molar-refractivity contribution < 1.29 is 4.79 Å². The van der Waals surface area contributed by atoms with Gasteiger partial charge in [0.05, 0.1) is 11.0 Å². The number of hydrogen-bond acceptors (Lipinski definition) is 4. The highest BCUT2D eigenvalue weighted by molar-refractivity contribution is 5.97. The van der Waals surface area contributed by atoms with Crippen LogP contribution >= 0.6 is 0 Å². The van der Waals surface area contributed by atoms with E-state index in [9.17, 15) is 9.59 Å². The first-order valence-corrected chi connectivity index (χ1v) is 9.07. The molecule has 27 heavy (non-hydrogen) atoms. The van der Waals surface area contributed by atoms with Crippen LogP contribution in [0, 0.1) is 6.92 Å². The molecule has 0 spiro atoms. The number of carbonyl (C=O) groups is 1. The molecule has 0 aliphatic carbocycles. The molecule has 1 N–H and O–H groups in total. The van der Waals surface area contributed by atoms with Crippen LogP contribution in [0.5, 0.6) is 0 Å². The quantitative estimate of drug-likeness (QED) is 0.730. The molecule has 0 bridgehead atoms. The van der Waals surface area contributed by atoms with Gasteiger partial charge in [-0.2, -0.15) is 0 Å². The number of aromatic nitrogens is 2. The van der Waals surface area contributed by atoms with Gasteiger partial charge in [0.1, 0.15) is 5.69 Å². The van der Waals surface area contributed by atoms with E-state index in [4.69, 9.17) is 0 Å². The summed E-state index contributed by atoms with van der Waals surface area (Å²) in [4.78, 5) is 31.1. The number of nitrogens with zero attached hydrogens (tertiary/aromatic N) is 3. The Kier molecular flexibility index (Phi) is 5.54. The van der Waals surface area contributed by atoms with Crippen LogP contribution in [0.2, 0.25) is 0 Å². The smallest absolute Gasteiger partial charge is 0.272 e. The third-order valence-corrected chi connectivity index (χ3v) is 4.62. The van der Waals surface area contributed by atoms with Crippen LogP contribution < -0.4 is 15.8 Å². The fraction of sp³-hybridized carbons (Fsp3) is 0.286. The molecule has 6 heteroatoms. The molecular weight excluding hydrogens is 340 g/mol. The number of carbonyl (C=O) groups excluding carboxylic acids is 1. The summed E-state index contributed by atoms with van der Waals surface area (Å²) in [5.74, 6) is -0.146. The van der Waals surface area contributed by atoms with Crippen LogP contribution in [0.25, 0.3) is 11.0 Å². The molecule has 0 aliphatic heterocycles.